The lowest BCUT2D eigenvalue weighted by Crippen LogP contribution is -2.22. The summed E-state index contributed by atoms with van der Waals surface area (Å²) in [6.07, 6.45) is 2.92. The van der Waals surface area contributed by atoms with Gasteiger partial charge in [-0.15, -0.1) is 0 Å². The van der Waals surface area contributed by atoms with Gasteiger partial charge in [0, 0.05) is 37.5 Å². The molecule has 0 N–H and O–H groups in total. The highest BCUT2D eigenvalue weighted by Gasteiger charge is 2.23. The van der Waals surface area contributed by atoms with Crippen LogP contribution in [0.4, 0.5) is 5.69 Å². The molecule has 0 aliphatic carbocycles. The highest BCUT2D eigenvalue weighted by Crippen LogP contribution is 2.27. The van der Waals surface area contributed by atoms with Crippen molar-refractivity contribution in [1.29, 1.82) is 0 Å². The fourth-order valence-corrected chi connectivity index (χ4v) is 2.77. The smallest absolute Gasteiger partial charge is 0.338 e. The van der Waals surface area contributed by atoms with Crippen LogP contribution in [-0.2, 0) is 9.47 Å². The maximum atomic E-state index is 11.9. The number of methoxy groups -OCH3 is 2. The molecule has 0 saturated carbocycles. The molecule has 5 heteroatoms. The molecule has 0 unspecified atom stereocenters. The van der Waals surface area contributed by atoms with Crippen LogP contribution in [0.2, 0.25) is 0 Å². The minimum Gasteiger partial charge on any atom is -0.465 e. The Hall–Kier alpha value is -2.14. The number of carbonyl (C=O) groups is 1. The Morgan fingerprint density at radius 2 is 2.19 bits per heavy atom. The molecule has 1 aromatic heterocycles. The second kappa shape index (κ2) is 5.69. The maximum absolute atomic E-state index is 11.9. The minimum atomic E-state index is -0.337. The van der Waals surface area contributed by atoms with Crippen LogP contribution in [0.25, 0.3) is 10.9 Å². The fraction of sp³-hybridized carbons (Fsp3) is 0.375. The minimum absolute atomic E-state index is 0.273. The first kappa shape index (κ1) is 13.8. The van der Waals surface area contributed by atoms with Crippen molar-refractivity contribution in [3.05, 3.63) is 36.0 Å². The molecule has 2 heterocycles. The van der Waals surface area contributed by atoms with Gasteiger partial charge in [0.1, 0.15) is 0 Å². The van der Waals surface area contributed by atoms with Crippen molar-refractivity contribution in [3.63, 3.8) is 0 Å². The van der Waals surface area contributed by atoms with E-state index < -0.39 is 0 Å². The summed E-state index contributed by atoms with van der Waals surface area (Å²) in [7, 11) is 3.13. The molecule has 0 amide bonds. The predicted molar refractivity (Wildman–Crippen MR) is 80.7 cm³/mol. The number of hydrogen-bond acceptors (Lipinski definition) is 5. The third-order valence-electron chi connectivity index (χ3n) is 3.97. The molecule has 2 aromatic rings. The van der Waals surface area contributed by atoms with Crippen LogP contribution in [0.5, 0.6) is 0 Å². The zero-order valence-corrected chi connectivity index (χ0v) is 12.2. The van der Waals surface area contributed by atoms with E-state index in [4.69, 9.17) is 9.47 Å². The number of hydrogen-bond donors (Lipinski definition) is 0. The van der Waals surface area contributed by atoms with Crippen LogP contribution < -0.4 is 4.90 Å². The lowest BCUT2D eigenvalue weighted by molar-refractivity contribution is 0.0603. The molecule has 0 spiro atoms. The second-order valence-corrected chi connectivity index (χ2v) is 5.14. The van der Waals surface area contributed by atoms with E-state index in [2.05, 4.69) is 9.88 Å². The van der Waals surface area contributed by atoms with E-state index in [9.17, 15) is 4.79 Å². The van der Waals surface area contributed by atoms with Gasteiger partial charge in [0.2, 0.25) is 0 Å². The van der Waals surface area contributed by atoms with E-state index >= 15 is 0 Å². The number of fused-ring (bicyclic) bond motifs is 1. The molecule has 3 rings (SSSR count). The van der Waals surface area contributed by atoms with Crippen molar-refractivity contribution in [1.82, 2.24) is 4.98 Å². The van der Waals surface area contributed by atoms with Crippen molar-refractivity contribution < 1.29 is 14.3 Å². The molecule has 0 bridgehead atoms. The standard InChI is InChI=1S/C16H18N2O3/c1-20-12-6-8-18(10-12)11-3-4-15-14(9-11)13(5-7-17-15)16(19)21-2/h3-5,7,9,12H,6,8,10H2,1-2H3/t12-/m1/s1. The summed E-state index contributed by atoms with van der Waals surface area (Å²) in [5.74, 6) is -0.337. The summed E-state index contributed by atoms with van der Waals surface area (Å²) in [5.41, 5.74) is 2.43. The van der Waals surface area contributed by atoms with Crippen LogP contribution in [0.15, 0.2) is 30.5 Å². The Bertz CT molecular complexity index is 672. The van der Waals surface area contributed by atoms with E-state index in [0.29, 0.717) is 5.56 Å². The number of ether oxygens (including phenoxy) is 2. The number of esters is 1. The first-order valence-corrected chi connectivity index (χ1v) is 6.97. The van der Waals surface area contributed by atoms with Crippen molar-refractivity contribution in [3.8, 4) is 0 Å². The number of benzene rings is 1. The molecule has 5 nitrogen and oxygen atoms in total. The van der Waals surface area contributed by atoms with E-state index in [-0.39, 0.29) is 12.1 Å². The van der Waals surface area contributed by atoms with Gasteiger partial charge in [-0.1, -0.05) is 0 Å². The van der Waals surface area contributed by atoms with Crippen LogP contribution in [0.3, 0.4) is 0 Å². The van der Waals surface area contributed by atoms with Gasteiger partial charge in [-0.25, -0.2) is 4.79 Å². The summed E-state index contributed by atoms with van der Waals surface area (Å²) in [4.78, 5) is 18.4. The SMILES string of the molecule is COC(=O)c1ccnc2ccc(N3CC[C@@H](OC)C3)cc12. The van der Waals surface area contributed by atoms with Gasteiger partial charge in [-0.2, -0.15) is 0 Å². The van der Waals surface area contributed by atoms with Crippen molar-refractivity contribution >= 4 is 22.6 Å². The number of nitrogens with zero attached hydrogens (tertiary/aromatic N) is 2. The van der Waals surface area contributed by atoms with E-state index in [1.54, 1.807) is 19.4 Å². The van der Waals surface area contributed by atoms with Gasteiger partial charge in [-0.3, -0.25) is 4.98 Å². The van der Waals surface area contributed by atoms with Crippen LogP contribution >= 0.6 is 0 Å². The molecule has 1 aromatic carbocycles. The molecule has 1 atom stereocenters. The van der Waals surface area contributed by atoms with Gasteiger partial charge >= 0.3 is 5.97 Å². The lowest BCUT2D eigenvalue weighted by Gasteiger charge is -2.19. The van der Waals surface area contributed by atoms with Gasteiger partial charge in [0.15, 0.2) is 0 Å². The van der Waals surface area contributed by atoms with Crippen LogP contribution in [0.1, 0.15) is 16.8 Å². The monoisotopic (exact) mass is 286 g/mol. The second-order valence-electron chi connectivity index (χ2n) is 5.14. The van der Waals surface area contributed by atoms with E-state index in [0.717, 1.165) is 36.1 Å². The summed E-state index contributed by atoms with van der Waals surface area (Å²) in [6.45, 7) is 1.83. The third kappa shape index (κ3) is 2.56. The summed E-state index contributed by atoms with van der Waals surface area (Å²) in [5, 5.41) is 0.822. The first-order chi connectivity index (χ1) is 10.2. The van der Waals surface area contributed by atoms with Crippen LogP contribution in [0, 0.1) is 0 Å². The van der Waals surface area contributed by atoms with Crippen LogP contribution in [-0.4, -0.2) is 44.4 Å². The van der Waals surface area contributed by atoms with Gasteiger partial charge in [-0.05, 0) is 30.7 Å². The molecule has 21 heavy (non-hydrogen) atoms. The van der Waals surface area contributed by atoms with Gasteiger partial charge < -0.3 is 14.4 Å². The topological polar surface area (TPSA) is 51.7 Å². The average molecular weight is 286 g/mol. The maximum Gasteiger partial charge on any atom is 0.338 e. The number of carbonyl (C=O) groups excluding carboxylic acids is 1. The molecular weight excluding hydrogens is 268 g/mol. The average Bonchev–Trinajstić information content (AvgIpc) is 3.02. The number of aromatic nitrogens is 1. The number of anilines is 1. The lowest BCUT2D eigenvalue weighted by atomic mass is 10.1. The Morgan fingerprint density at radius 3 is 2.90 bits per heavy atom. The first-order valence-electron chi connectivity index (χ1n) is 6.97. The highest BCUT2D eigenvalue weighted by atomic mass is 16.5. The summed E-state index contributed by atoms with van der Waals surface area (Å²) >= 11 is 0. The Kier molecular flexibility index (Phi) is 3.75. The largest absolute Gasteiger partial charge is 0.465 e. The highest BCUT2D eigenvalue weighted by molar-refractivity contribution is 6.04. The Labute approximate surface area is 123 Å². The van der Waals surface area contributed by atoms with E-state index in [1.807, 2.05) is 18.2 Å². The molecular formula is C16H18N2O3. The molecule has 1 aliphatic heterocycles. The number of pyridine rings is 1. The molecule has 110 valence electrons. The van der Waals surface area contributed by atoms with Gasteiger partial charge in [0.25, 0.3) is 0 Å². The zero-order chi connectivity index (χ0) is 14.8. The molecule has 1 fully saturated rings. The molecule has 0 radical (unpaired) electrons. The number of rotatable bonds is 3. The third-order valence-corrected chi connectivity index (χ3v) is 3.97. The molecule has 1 aliphatic rings. The Morgan fingerprint density at radius 1 is 1.33 bits per heavy atom. The van der Waals surface area contributed by atoms with Gasteiger partial charge in [0.05, 0.1) is 24.3 Å². The fourth-order valence-electron chi connectivity index (χ4n) is 2.77. The predicted octanol–water partition coefficient (Wildman–Crippen LogP) is 2.25. The quantitative estimate of drug-likeness (QED) is 0.810. The zero-order valence-electron chi connectivity index (χ0n) is 12.2. The van der Waals surface area contributed by atoms with Crippen molar-refractivity contribution in [2.75, 3.05) is 32.2 Å². The molecule has 1 saturated heterocycles. The normalized spacial score (nSPS) is 18.2. The van der Waals surface area contributed by atoms with Crippen molar-refractivity contribution in [2.45, 2.75) is 12.5 Å². The summed E-state index contributed by atoms with van der Waals surface area (Å²) in [6, 6.07) is 7.68. The summed E-state index contributed by atoms with van der Waals surface area (Å²) < 4.78 is 10.2. The van der Waals surface area contributed by atoms with Crippen molar-refractivity contribution in [2.24, 2.45) is 0 Å². The Balaban J connectivity index is 2.01. The van der Waals surface area contributed by atoms with E-state index in [1.165, 1.54) is 7.11 Å².